The van der Waals surface area contributed by atoms with Crippen molar-refractivity contribution in [3.8, 4) is 0 Å². The molecule has 1 aromatic carbocycles. The Bertz CT molecular complexity index is 645. The molecule has 2 rings (SSSR count). The van der Waals surface area contributed by atoms with E-state index in [1.54, 1.807) is 36.7 Å². The lowest BCUT2D eigenvalue weighted by atomic mass is 10.1. The van der Waals surface area contributed by atoms with Gasteiger partial charge in [0.25, 0.3) is 5.91 Å². The Morgan fingerprint density at radius 1 is 0.957 bits per heavy atom. The van der Waals surface area contributed by atoms with E-state index in [1.807, 2.05) is 12.1 Å². The topological polar surface area (TPSA) is 71.1 Å². The highest BCUT2D eigenvalue weighted by Crippen LogP contribution is 2.09. The van der Waals surface area contributed by atoms with E-state index >= 15 is 0 Å². The maximum atomic E-state index is 11.8. The van der Waals surface area contributed by atoms with Crippen LogP contribution in [0.5, 0.6) is 0 Å². The van der Waals surface area contributed by atoms with Crippen LogP contribution < -0.4 is 10.6 Å². The zero-order chi connectivity index (χ0) is 16.5. The first-order valence-corrected chi connectivity index (χ1v) is 7.72. The van der Waals surface area contributed by atoms with Gasteiger partial charge in [-0.05, 0) is 36.2 Å². The SMILES string of the molecule is O=C(Cc1ccc(Cl)cc1)NCCCNC(=O)c1ccncc1. The standard InChI is InChI=1S/C17H18ClN3O2/c18-15-4-2-13(3-5-15)12-16(22)20-8-1-9-21-17(23)14-6-10-19-11-7-14/h2-7,10-11H,1,8-9,12H2,(H,20,22)(H,21,23). The van der Waals surface area contributed by atoms with Crippen LogP contribution in [0, 0.1) is 0 Å². The number of hydrogen-bond acceptors (Lipinski definition) is 3. The maximum absolute atomic E-state index is 11.8. The Morgan fingerprint density at radius 3 is 2.30 bits per heavy atom. The molecule has 0 saturated carbocycles. The van der Waals surface area contributed by atoms with Gasteiger partial charge in [-0.1, -0.05) is 23.7 Å². The molecule has 0 aliphatic rings. The van der Waals surface area contributed by atoms with Crippen LogP contribution in [0.25, 0.3) is 0 Å². The van der Waals surface area contributed by atoms with Crippen molar-refractivity contribution in [1.82, 2.24) is 15.6 Å². The van der Waals surface area contributed by atoms with Gasteiger partial charge in [-0.2, -0.15) is 0 Å². The van der Waals surface area contributed by atoms with E-state index in [4.69, 9.17) is 11.6 Å². The molecule has 0 atom stereocenters. The summed E-state index contributed by atoms with van der Waals surface area (Å²) in [5.41, 5.74) is 1.49. The molecule has 1 heterocycles. The number of hydrogen-bond donors (Lipinski definition) is 2. The predicted octanol–water partition coefficient (Wildman–Crippen LogP) is 2.21. The number of nitrogens with one attached hydrogen (secondary N) is 2. The summed E-state index contributed by atoms with van der Waals surface area (Å²) in [7, 11) is 0. The molecule has 2 aromatic rings. The third-order valence-corrected chi connectivity index (χ3v) is 3.43. The number of halogens is 1. The average Bonchev–Trinajstić information content (AvgIpc) is 2.57. The lowest BCUT2D eigenvalue weighted by Gasteiger charge is -2.07. The summed E-state index contributed by atoms with van der Waals surface area (Å²) in [5.74, 6) is -0.187. The van der Waals surface area contributed by atoms with Crippen LogP contribution in [-0.4, -0.2) is 29.9 Å². The van der Waals surface area contributed by atoms with E-state index in [0.717, 1.165) is 5.56 Å². The second-order valence-electron chi connectivity index (χ2n) is 5.00. The largest absolute Gasteiger partial charge is 0.356 e. The second kappa shape index (κ2) is 8.90. The van der Waals surface area contributed by atoms with Crippen molar-refractivity contribution in [3.63, 3.8) is 0 Å². The first-order chi connectivity index (χ1) is 11.1. The minimum atomic E-state index is -0.139. The highest BCUT2D eigenvalue weighted by atomic mass is 35.5. The highest BCUT2D eigenvalue weighted by Gasteiger charge is 2.05. The molecule has 0 unspecified atom stereocenters. The summed E-state index contributed by atoms with van der Waals surface area (Å²) in [6, 6.07) is 10.5. The fourth-order valence-corrected chi connectivity index (χ4v) is 2.10. The summed E-state index contributed by atoms with van der Waals surface area (Å²) in [5, 5.41) is 6.27. The molecule has 120 valence electrons. The van der Waals surface area contributed by atoms with E-state index in [2.05, 4.69) is 15.6 Å². The Hall–Kier alpha value is -2.40. The van der Waals surface area contributed by atoms with Crippen molar-refractivity contribution in [2.24, 2.45) is 0 Å². The van der Waals surface area contributed by atoms with Gasteiger partial charge in [0.1, 0.15) is 0 Å². The van der Waals surface area contributed by atoms with Gasteiger partial charge in [0.05, 0.1) is 6.42 Å². The number of carbonyl (C=O) groups is 2. The van der Waals surface area contributed by atoms with Crippen LogP contribution in [0.3, 0.4) is 0 Å². The Morgan fingerprint density at radius 2 is 1.61 bits per heavy atom. The van der Waals surface area contributed by atoms with Crippen LogP contribution in [0.15, 0.2) is 48.8 Å². The normalized spacial score (nSPS) is 10.1. The quantitative estimate of drug-likeness (QED) is 0.764. The smallest absolute Gasteiger partial charge is 0.251 e. The third kappa shape index (κ3) is 6.08. The van der Waals surface area contributed by atoms with Gasteiger partial charge in [0, 0.05) is 36.1 Å². The molecular weight excluding hydrogens is 314 g/mol. The van der Waals surface area contributed by atoms with E-state index in [0.29, 0.717) is 36.5 Å². The zero-order valence-electron chi connectivity index (χ0n) is 12.6. The first-order valence-electron chi connectivity index (χ1n) is 7.34. The van der Waals surface area contributed by atoms with Crippen molar-refractivity contribution in [2.75, 3.05) is 13.1 Å². The van der Waals surface area contributed by atoms with Crippen LogP contribution in [-0.2, 0) is 11.2 Å². The van der Waals surface area contributed by atoms with Crippen LogP contribution in [0.4, 0.5) is 0 Å². The molecule has 6 heteroatoms. The van der Waals surface area contributed by atoms with Crippen molar-refractivity contribution in [3.05, 3.63) is 64.9 Å². The molecule has 0 aliphatic carbocycles. The molecule has 0 saturated heterocycles. The van der Waals surface area contributed by atoms with Gasteiger partial charge in [0.2, 0.25) is 5.91 Å². The summed E-state index contributed by atoms with van der Waals surface area (Å²) in [6.07, 6.45) is 4.14. The van der Waals surface area contributed by atoms with E-state index < -0.39 is 0 Å². The highest BCUT2D eigenvalue weighted by molar-refractivity contribution is 6.30. The van der Waals surface area contributed by atoms with E-state index in [9.17, 15) is 9.59 Å². The Labute approximate surface area is 140 Å². The molecule has 0 radical (unpaired) electrons. The second-order valence-corrected chi connectivity index (χ2v) is 5.43. The fourth-order valence-electron chi connectivity index (χ4n) is 1.97. The summed E-state index contributed by atoms with van der Waals surface area (Å²) in [6.45, 7) is 1.02. The number of rotatable bonds is 7. The van der Waals surface area contributed by atoms with Crippen LogP contribution in [0.1, 0.15) is 22.3 Å². The van der Waals surface area contributed by atoms with E-state index in [1.165, 1.54) is 0 Å². The molecule has 2 amide bonds. The Balaban J connectivity index is 1.61. The summed E-state index contributed by atoms with van der Waals surface area (Å²) < 4.78 is 0. The van der Waals surface area contributed by atoms with Crippen LogP contribution >= 0.6 is 11.6 Å². The van der Waals surface area contributed by atoms with Gasteiger partial charge < -0.3 is 10.6 Å². The summed E-state index contributed by atoms with van der Waals surface area (Å²) in [4.78, 5) is 27.4. The molecule has 0 spiro atoms. The van der Waals surface area contributed by atoms with Crippen LogP contribution in [0.2, 0.25) is 5.02 Å². The predicted molar refractivity (Wildman–Crippen MR) is 89.4 cm³/mol. The molecule has 0 aliphatic heterocycles. The number of amides is 2. The van der Waals surface area contributed by atoms with Gasteiger partial charge in [0.15, 0.2) is 0 Å². The van der Waals surface area contributed by atoms with Crippen molar-refractivity contribution in [2.45, 2.75) is 12.8 Å². The van der Waals surface area contributed by atoms with Gasteiger partial charge in [-0.25, -0.2) is 0 Å². The monoisotopic (exact) mass is 331 g/mol. The lowest BCUT2D eigenvalue weighted by Crippen LogP contribution is -2.30. The van der Waals surface area contributed by atoms with Gasteiger partial charge >= 0.3 is 0 Å². The lowest BCUT2D eigenvalue weighted by molar-refractivity contribution is -0.120. The van der Waals surface area contributed by atoms with Crippen molar-refractivity contribution < 1.29 is 9.59 Å². The fraction of sp³-hybridized carbons (Fsp3) is 0.235. The number of carbonyl (C=O) groups excluding carboxylic acids is 2. The average molecular weight is 332 g/mol. The van der Waals surface area contributed by atoms with Gasteiger partial charge in [-0.15, -0.1) is 0 Å². The maximum Gasteiger partial charge on any atom is 0.251 e. The molecular formula is C17H18ClN3O2. The minimum Gasteiger partial charge on any atom is -0.356 e. The third-order valence-electron chi connectivity index (χ3n) is 3.18. The molecule has 5 nitrogen and oxygen atoms in total. The Kier molecular flexibility index (Phi) is 6.56. The number of pyridine rings is 1. The molecule has 0 bridgehead atoms. The molecule has 0 fully saturated rings. The number of aromatic nitrogens is 1. The van der Waals surface area contributed by atoms with E-state index in [-0.39, 0.29) is 11.8 Å². The van der Waals surface area contributed by atoms with Crippen molar-refractivity contribution >= 4 is 23.4 Å². The number of nitrogens with zero attached hydrogens (tertiary/aromatic N) is 1. The summed E-state index contributed by atoms with van der Waals surface area (Å²) >= 11 is 5.80. The first kappa shape index (κ1) is 17.0. The molecule has 23 heavy (non-hydrogen) atoms. The molecule has 1 aromatic heterocycles. The zero-order valence-corrected chi connectivity index (χ0v) is 13.3. The van der Waals surface area contributed by atoms with Crippen molar-refractivity contribution in [1.29, 1.82) is 0 Å². The minimum absolute atomic E-state index is 0.0483. The molecule has 2 N–H and O–H groups in total. The van der Waals surface area contributed by atoms with Gasteiger partial charge in [-0.3, -0.25) is 14.6 Å². The number of benzene rings is 1.